The van der Waals surface area contributed by atoms with Crippen LogP contribution in [0.4, 0.5) is 0 Å². The van der Waals surface area contributed by atoms with Crippen molar-refractivity contribution in [1.29, 1.82) is 0 Å². The highest BCUT2D eigenvalue weighted by Gasteiger charge is 2.70. The van der Waals surface area contributed by atoms with Crippen LogP contribution in [-0.4, -0.2) is 48.7 Å². The molecule has 0 saturated carbocycles. The van der Waals surface area contributed by atoms with E-state index in [4.69, 9.17) is 23.7 Å². The molecular weight excluding hydrogens is 276 g/mol. The van der Waals surface area contributed by atoms with Crippen molar-refractivity contribution in [1.82, 2.24) is 0 Å². The summed E-state index contributed by atoms with van der Waals surface area (Å²) in [6.07, 6.45) is -1.53. The lowest BCUT2D eigenvalue weighted by atomic mass is 9.79. The van der Waals surface area contributed by atoms with Gasteiger partial charge in [0.1, 0.15) is 23.9 Å². The minimum atomic E-state index is -1.16. The second kappa shape index (κ2) is 4.04. The van der Waals surface area contributed by atoms with Crippen LogP contribution in [-0.2, 0) is 29.5 Å². The maximum absolute atomic E-state index is 11.2. The highest BCUT2D eigenvalue weighted by atomic mass is 16.8. The second-order valence-corrected chi connectivity index (χ2v) is 6.05. The van der Waals surface area contributed by atoms with Gasteiger partial charge in [0.05, 0.1) is 6.61 Å². The Hall–Kier alpha value is -1.02. The molecule has 4 fully saturated rings. The lowest BCUT2D eigenvalue weighted by Gasteiger charge is -2.43. The minimum Gasteiger partial charge on any atom is -0.384 e. The van der Waals surface area contributed by atoms with E-state index in [2.05, 4.69) is 0 Å². The maximum atomic E-state index is 11.2. The van der Waals surface area contributed by atoms with Gasteiger partial charge in [0.15, 0.2) is 18.9 Å². The van der Waals surface area contributed by atoms with Crippen LogP contribution in [0.3, 0.4) is 0 Å². The summed E-state index contributed by atoms with van der Waals surface area (Å²) in [7, 11) is 0. The van der Waals surface area contributed by atoms with Crippen molar-refractivity contribution < 1.29 is 28.8 Å². The summed E-state index contributed by atoms with van der Waals surface area (Å²) in [6, 6.07) is 9.71. The van der Waals surface area contributed by atoms with E-state index in [9.17, 15) is 5.11 Å². The first-order valence-corrected chi connectivity index (χ1v) is 7.20. The first-order valence-electron chi connectivity index (χ1n) is 7.20. The van der Waals surface area contributed by atoms with Gasteiger partial charge >= 0.3 is 0 Å². The average molecular weight is 292 g/mol. The molecule has 5 rings (SSSR count). The maximum Gasteiger partial charge on any atom is 0.198 e. The third kappa shape index (κ3) is 1.52. The molecule has 6 nitrogen and oxygen atoms in total. The van der Waals surface area contributed by atoms with Gasteiger partial charge in [-0.3, -0.25) is 0 Å². The molecule has 1 aromatic carbocycles. The van der Waals surface area contributed by atoms with Gasteiger partial charge in [-0.05, 0) is 0 Å². The fourth-order valence-corrected chi connectivity index (χ4v) is 3.96. The van der Waals surface area contributed by atoms with Gasteiger partial charge in [0.2, 0.25) is 0 Å². The van der Waals surface area contributed by atoms with E-state index in [1.165, 1.54) is 0 Å². The zero-order valence-corrected chi connectivity index (χ0v) is 11.3. The lowest BCUT2D eigenvalue weighted by Crippen LogP contribution is -2.59. The van der Waals surface area contributed by atoms with E-state index in [-0.39, 0.29) is 19.3 Å². The van der Waals surface area contributed by atoms with E-state index < -0.39 is 29.9 Å². The Labute approximate surface area is 121 Å². The largest absolute Gasteiger partial charge is 0.384 e. The number of hydrogen-bond donors (Lipinski definition) is 1. The molecular formula is C15H16O6. The Kier molecular flexibility index (Phi) is 2.41. The summed E-state index contributed by atoms with van der Waals surface area (Å²) in [5.41, 5.74) is -0.252. The lowest BCUT2D eigenvalue weighted by molar-refractivity contribution is -0.282. The highest BCUT2D eigenvalue weighted by Crippen LogP contribution is 2.54. The molecule has 4 aliphatic rings. The predicted molar refractivity (Wildman–Crippen MR) is 68.0 cm³/mol. The fourth-order valence-electron chi connectivity index (χ4n) is 3.96. The van der Waals surface area contributed by atoms with Crippen molar-refractivity contribution in [3.63, 3.8) is 0 Å². The summed E-state index contributed by atoms with van der Waals surface area (Å²) < 4.78 is 28.8. The highest BCUT2D eigenvalue weighted by molar-refractivity contribution is 5.26. The zero-order chi connectivity index (χ0) is 14.1. The summed E-state index contributed by atoms with van der Waals surface area (Å²) in [5, 5.41) is 11.2. The molecule has 112 valence electrons. The molecule has 21 heavy (non-hydrogen) atoms. The summed E-state index contributed by atoms with van der Waals surface area (Å²) >= 11 is 0. The number of ether oxygens (including phenoxy) is 5. The van der Waals surface area contributed by atoms with Crippen LogP contribution >= 0.6 is 0 Å². The van der Waals surface area contributed by atoms with Crippen LogP contribution in [0.5, 0.6) is 0 Å². The van der Waals surface area contributed by atoms with Crippen LogP contribution < -0.4 is 0 Å². The van der Waals surface area contributed by atoms with Gasteiger partial charge < -0.3 is 28.8 Å². The van der Waals surface area contributed by atoms with Crippen molar-refractivity contribution in [2.24, 2.45) is 0 Å². The molecule has 0 aliphatic carbocycles. The third-order valence-corrected chi connectivity index (χ3v) is 4.88. The first kappa shape index (κ1) is 12.5. The van der Waals surface area contributed by atoms with Crippen molar-refractivity contribution in [2.45, 2.75) is 42.4 Å². The van der Waals surface area contributed by atoms with Gasteiger partial charge in [-0.15, -0.1) is 0 Å². The van der Waals surface area contributed by atoms with Crippen LogP contribution in [0.1, 0.15) is 12.0 Å². The van der Waals surface area contributed by atoms with Gasteiger partial charge in [-0.2, -0.15) is 0 Å². The molecule has 0 spiro atoms. The molecule has 6 heteroatoms. The third-order valence-electron chi connectivity index (χ3n) is 4.88. The van der Waals surface area contributed by atoms with Crippen molar-refractivity contribution in [2.75, 3.05) is 13.4 Å². The SMILES string of the molecule is O[C@]12C[C@]3(c4ccccc4)OC[C@@H](O3)[C@H]1O[C@@H]1OCO[C@@H]12. The molecule has 0 aromatic heterocycles. The van der Waals surface area contributed by atoms with E-state index in [0.717, 1.165) is 5.56 Å². The summed E-state index contributed by atoms with van der Waals surface area (Å²) in [4.78, 5) is 0. The average Bonchev–Trinajstić information content (AvgIpc) is 3.16. The predicted octanol–water partition coefficient (Wildman–Crippen LogP) is 0.487. The molecule has 1 N–H and O–H groups in total. The Morgan fingerprint density at radius 1 is 1.10 bits per heavy atom. The van der Waals surface area contributed by atoms with Crippen molar-refractivity contribution >= 4 is 0 Å². The van der Waals surface area contributed by atoms with Gasteiger partial charge in [-0.1, -0.05) is 30.3 Å². The van der Waals surface area contributed by atoms with Crippen LogP contribution in [0, 0.1) is 0 Å². The Morgan fingerprint density at radius 2 is 1.95 bits per heavy atom. The topological polar surface area (TPSA) is 66.4 Å². The van der Waals surface area contributed by atoms with Gasteiger partial charge in [-0.25, -0.2) is 0 Å². The molecule has 0 radical (unpaired) electrons. The summed E-state index contributed by atoms with van der Waals surface area (Å²) in [5.74, 6) is -0.929. The molecule has 6 atom stereocenters. The number of benzene rings is 1. The summed E-state index contributed by atoms with van der Waals surface area (Å²) in [6.45, 7) is 0.538. The molecule has 1 aromatic rings. The van der Waals surface area contributed by atoms with Crippen molar-refractivity contribution in [3.05, 3.63) is 35.9 Å². The quantitative estimate of drug-likeness (QED) is 0.812. The number of hydrogen-bond acceptors (Lipinski definition) is 6. The molecule has 4 aliphatic heterocycles. The molecule has 0 amide bonds. The Morgan fingerprint density at radius 3 is 2.81 bits per heavy atom. The second-order valence-electron chi connectivity index (χ2n) is 6.05. The van der Waals surface area contributed by atoms with Crippen molar-refractivity contribution in [3.8, 4) is 0 Å². The first-order chi connectivity index (χ1) is 10.2. The van der Waals surface area contributed by atoms with E-state index in [0.29, 0.717) is 6.61 Å². The van der Waals surface area contributed by atoms with Crippen LogP contribution in [0.25, 0.3) is 0 Å². The Balaban J connectivity index is 1.57. The van der Waals surface area contributed by atoms with E-state index in [1.807, 2.05) is 30.3 Å². The van der Waals surface area contributed by atoms with Gasteiger partial charge in [0, 0.05) is 12.0 Å². The molecule has 0 unspecified atom stereocenters. The van der Waals surface area contributed by atoms with Crippen LogP contribution in [0.15, 0.2) is 30.3 Å². The van der Waals surface area contributed by atoms with Crippen LogP contribution in [0.2, 0.25) is 0 Å². The number of fused-ring (bicyclic) bond motifs is 6. The number of rotatable bonds is 1. The monoisotopic (exact) mass is 292 g/mol. The standard InChI is InChI=1S/C15H16O6/c16-14-7-15(9-4-2-1-3-5-9)19-6-10(21-15)11(14)20-13-12(14)17-8-18-13/h1-5,10-13,16H,6-8H2/t10-,11-,12+,13+,14-,15+/m1/s1. The normalized spacial score (nSPS) is 50.9. The van der Waals surface area contributed by atoms with E-state index in [1.54, 1.807) is 0 Å². The molecule has 4 heterocycles. The van der Waals surface area contributed by atoms with Gasteiger partial charge in [0.25, 0.3) is 0 Å². The Bertz CT molecular complexity index is 565. The number of aliphatic hydroxyl groups is 1. The molecule has 2 bridgehead atoms. The fraction of sp³-hybridized carbons (Fsp3) is 0.600. The minimum absolute atomic E-state index is 0.148. The molecule has 4 saturated heterocycles. The smallest absolute Gasteiger partial charge is 0.198 e. The van der Waals surface area contributed by atoms with E-state index >= 15 is 0 Å². The zero-order valence-electron chi connectivity index (χ0n) is 11.3.